The molecule has 3 aliphatic rings. The standard InChI is InChI=1S/C22H36O12/c1-9-5-4-6-22(2,3)12(9)19(30)34-21-18(29)16(27)14(25)11(33-21)8-31-20-17(28)15(26)13(24)10(7-23)32-20/h10-11,13-18,20-21,23-29H,4-8H2,1-3H3/t10-,11-,13+,14+,15+,16+,17+,18-,20-,21+/m0/s1. The molecule has 2 aliphatic heterocycles. The Hall–Kier alpha value is -1.19. The number of ether oxygens (including phenoxy) is 4. The van der Waals surface area contributed by atoms with E-state index in [1.54, 1.807) is 0 Å². The zero-order valence-corrected chi connectivity index (χ0v) is 19.5. The van der Waals surface area contributed by atoms with E-state index >= 15 is 0 Å². The van der Waals surface area contributed by atoms with Gasteiger partial charge in [-0.15, -0.1) is 0 Å². The number of aliphatic hydroxyl groups is 7. The van der Waals surface area contributed by atoms with Gasteiger partial charge >= 0.3 is 5.97 Å². The Balaban J connectivity index is 1.67. The van der Waals surface area contributed by atoms with Gasteiger partial charge in [-0.25, -0.2) is 4.79 Å². The zero-order valence-electron chi connectivity index (χ0n) is 19.5. The molecular formula is C22H36O12. The lowest BCUT2D eigenvalue weighted by Gasteiger charge is -2.42. The molecule has 0 radical (unpaired) electrons. The summed E-state index contributed by atoms with van der Waals surface area (Å²) in [5.41, 5.74) is 0.905. The molecule has 0 saturated carbocycles. The minimum atomic E-state index is -1.73. The Bertz CT molecular complexity index is 752. The molecular weight excluding hydrogens is 456 g/mol. The second-order valence-electron chi connectivity index (χ2n) is 9.84. The molecule has 2 heterocycles. The molecule has 12 nitrogen and oxygen atoms in total. The van der Waals surface area contributed by atoms with Gasteiger partial charge in [0.05, 0.1) is 13.2 Å². The number of allylic oxidation sites excluding steroid dienone is 1. The SMILES string of the molecule is CC1=C(C(=O)O[C@H]2O[C@@H](CO[C@H]3O[C@@H](CO)[C@@H](O)[C@@H](O)[C@H]3O)[C@@H](O)[C@@H](O)[C@@H]2O)C(C)(C)CCC1. The third-order valence-electron chi connectivity index (χ3n) is 6.83. The lowest BCUT2D eigenvalue weighted by Crippen LogP contribution is -2.62. The molecule has 3 rings (SSSR count). The fourth-order valence-electron chi connectivity index (χ4n) is 4.78. The van der Waals surface area contributed by atoms with Crippen LogP contribution in [-0.4, -0.2) is 116 Å². The van der Waals surface area contributed by atoms with Crippen LogP contribution >= 0.6 is 0 Å². The van der Waals surface area contributed by atoms with E-state index in [4.69, 9.17) is 18.9 Å². The van der Waals surface area contributed by atoms with E-state index in [0.717, 1.165) is 24.8 Å². The maximum absolute atomic E-state index is 12.9. The number of aliphatic hydroxyl groups excluding tert-OH is 7. The molecule has 196 valence electrons. The van der Waals surface area contributed by atoms with Crippen molar-refractivity contribution in [3.63, 3.8) is 0 Å². The van der Waals surface area contributed by atoms with Crippen molar-refractivity contribution in [1.82, 2.24) is 0 Å². The Labute approximate surface area is 197 Å². The van der Waals surface area contributed by atoms with Crippen LogP contribution in [-0.2, 0) is 23.7 Å². The number of carbonyl (C=O) groups is 1. The monoisotopic (exact) mass is 492 g/mol. The first-order valence-electron chi connectivity index (χ1n) is 11.4. The predicted octanol–water partition coefficient (Wildman–Crippen LogP) is -2.32. The van der Waals surface area contributed by atoms with E-state index in [0.29, 0.717) is 5.57 Å². The number of rotatable bonds is 6. The highest BCUT2D eigenvalue weighted by Crippen LogP contribution is 2.41. The van der Waals surface area contributed by atoms with Gasteiger partial charge in [0.15, 0.2) is 6.29 Å². The van der Waals surface area contributed by atoms with Crippen molar-refractivity contribution in [2.75, 3.05) is 13.2 Å². The van der Waals surface area contributed by atoms with Crippen molar-refractivity contribution >= 4 is 5.97 Å². The Morgan fingerprint density at radius 3 is 2.06 bits per heavy atom. The lowest BCUT2D eigenvalue weighted by atomic mass is 9.73. The predicted molar refractivity (Wildman–Crippen MR) is 113 cm³/mol. The lowest BCUT2D eigenvalue weighted by molar-refractivity contribution is -0.326. The minimum absolute atomic E-state index is 0.442. The number of carbonyl (C=O) groups excluding carboxylic acids is 1. The van der Waals surface area contributed by atoms with Gasteiger partial charge in [-0.2, -0.15) is 0 Å². The summed E-state index contributed by atoms with van der Waals surface area (Å²) in [4.78, 5) is 12.9. The van der Waals surface area contributed by atoms with E-state index in [1.807, 2.05) is 20.8 Å². The summed E-state index contributed by atoms with van der Waals surface area (Å²) in [5.74, 6) is -0.691. The third-order valence-corrected chi connectivity index (χ3v) is 6.83. The average Bonchev–Trinajstić information content (AvgIpc) is 2.77. The topological polar surface area (TPSA) is 196 Å². The summed E-state index contributed by atoms with van der Waals surface area (Å²) in [7, 11) is 0. The average molecular weight is 493 g/mol. The second-order valence-corrected chi connectivity index (χ2v) is 9.84. The van der Waals surface area contributed by atoms with Crippen LogP contribution in [0.3, 0.4) is 0 Å². The van der Waals surface area contributed by atoms with Crippen molar-refractivity contribution in [3.8, 4) is 0 Å². The maximum atomic E-state index is 12.9. The maximum Gasteiger partial charge on any atom is 0.336 e. The molecule has 12 heteroatoms. The van der Waals surface area contributed by atoms with Gasteiger partial charge in [-0.05, 0) is 31.6 Å². The normalized spacial score (nSPS) is 43.0. The molecule has 0 aromatic carbocycles. The molecule has 0 aromatic rings. The van der Waals surface area contributed by atoms with Crippen LogP contribution in [0, 0.1) is 5.41 Å². The van der Waals surface area contributed by atoms with Gasteiger partial charge in [0, 0.05) is 5.57 Å². The molecule has 7 N–H and O–H groups in total. The van der Waals surface area contributed by atoms with Crippen molar-refractivity contribution in [2.24, 2.45) is 5.41 Å². The number of esters is 1. The molecule has 0 aromatic heterocycles. The van der Waals surface area contributed by atoms with Gasteiger partial charge in [-0.3, -0.25) is 0 Å². The highest BCUT2D eigenvalue weighted by molar-refractivity contribution is 5.91. The first kappa shape index (κ1) is 27.4. The number of hydrogen-bond acceptors (Lipinski definition) is 12. The van der Waals surface area contributed by atoms with Crippen LogP contribution in [0.1, 0.15) is 40.0 Å². The first-order valence-corrected chi connectivity index (χ1v) is 11.4. The van der Waals surface area contributed by atoms with E-state index < -0.39 is 86.0 Å². The summed E-state index contributed by atoms with van der Waals surface area (Å²) >= 11 is 0. The summed E-state index contributed by atoms with van der Waals surface area (Å²) in [6.07, 6.45) is -13.2. The quantitative estimate of drug-likeness (QED) is 0.196. The zero-order chi connectivity index (χ0) is 25.4. The van der Waals surface area contributed by atoms with Crippen LogP contribution in [0.2, 0.25) is 0 Å². The van der Waals surface area contributed by atoms with Crippen molar-refractivity contribution in [2.45, 2.75) is 101 Å². The van der Waals surface area contributed by atoms with Crippen molar-refractivity contribution in [1.29, 1.82) is 0 Å². The van der Waals surface area contributed by atoms with E-state index in [2.05, 4.69) is 0 Å². The van der Waals surface area contributed by atoms with E-state index in [1.165, 1.54) is 0 Å². The Morgan fingerprint density at radius 1 is 0.912 bits per heavy atom. The second kappa shape index (κ2) is 10.8. The van der Waals surface area contributed by atoms with Crippen molar-refractivity contribution < 1.29 is 59.5 Å². The smallest absolute Gasteiger partial charge is 0.336 e. The Kier molecular flexibility index (Phi) is 8.72. The molecule has 0 unspecified atom stereocenters. The number of hydrogen-bond donors (Lipinski definition) is 7. The molecule has 0 amide bonds. The van der Waals surface area contributed by atoms with Gasteiger partial charge < -0.3 is 54.7 Å². The van der Waals surface area contributed by atoms with E-state index in [9.17, 15) is 40.5 Å². The fourth-order valence-corrected chi connectivity index (χ4v) is 4.78. The molecule has 0 bridgehead atoms. The summed E-state index contributed by atoms with van der Waals surface area (Å²) < 4.78 is 21.5. The van der Waals surface area contributed by atoms with Gasteiger partial charge in [0.25, 0.3) is 0 Å². The van der Waals surface area contributed by atoms with Crippen LogP contribution < -0.4 is 0 Å². The van der Waals surface area contributed by atoms with Crippen LogP contribution in [0.4, 0.5) is 0 Å². The summed E-state index contributed by atoms with van der Waals surface area (Å²) in [5, 5.41) is 70.0. The molecule has 34 heavy (non-hydrogen) atoms. The molecule has 1 aliphatic carbocycles. The van der Waals surface area contributed by atoms with Gasteiger partial charge in [0.1, 0.15) is 48.8 Å². The summed E-state index contributed by atoms with van der Waals surface area (Å²) in [6, 6.07) is 0. The fraction of sp³-hybridized carbons (Fsp3) is 0.864. The first-order chi connectivity index (χ1) is 15.9. The molecule has 10 atom stereocenters. The molecule has 0 spiro atoms. The largest absolute Gasteiger partial charge is 0.429 e. The molecule has 2 saturated heterocycles. The van der Waals surface area contributed by atoms with E-state index in [-0.39, 0.29) is 0 Å². The Morgan fingerprint density at radius 2 is 1.47 bits per heavy atom. The van der Waals surface area contributed by atoms with Crippen LogP contribution in [0.25, 0.3) is 0 Å². The van der Waals surface area contributed by atoms with Gasteiger partial charge in [-0.1, -0.05) is 19.4 Å². The minimum Gasteiger partial charge on any atom is -0.429 e. The van der Waals surface area contributed by atoms with Gasteiger partial charge in [0.2, 0.25) is 6.29 Å². The highest BCUT2D eigenvalue weighted by Gasteiger charge is 2.48. The van der Waals surface area contributed by atoms with Crippen molar-refractivity contribution in [3.05, 3.63) is 11.1 Å². The van der Waals surface area contributed by atoms with Crippen LogP contribution in [0.15, 0.2) is 11.1 Å². The summed E-state index contributed by atoms with van der Waals surface area (Å²) in [6.45, 7) is 4.52. The highest BCUT2D eigenvalue weighted by atomic mass is 16.7. The third kappa shape index (κ3) is 5.46. The van der Waals surface area contributed by atoms with Crippen LogP contribution in [0.5, 0.6) is 0 Å². The molecule has 2 fully saturated rings.